The van der Waals surface area contributed by atoms with Crippen LogP contribution < -0.4 is 11.4 Å². The Morgan fingerprint density at radius 3 is 2.41 bits per heavy atom. The summed E-state index contributed by atoms with van der Waals surface area (Å²) in [6, 6.07) is 14.9. The molecule has 2 aromatic carbocycles. The highest BCUT2D eigenvalue weighted by Crippen LogP contribution is 2.18. The molecule has 0 fully saturated rings. The second-order valence-corrected chi connectivity index (χ2v) is 8.24. The van der Waals surface area contributed by atoms with Crippen LogP contribution in [0.4, 0.5) is 5.82 Å². The molecule has 4 aromatic rings. The van der Waals surface area contributed by atoms with Crippen LogP contribution in [0.5, 0.6) is 0 Å². The van der Waals surface area contributed by atoms with Crippen LogP contribution in [0.25, 0.3) is 11.3 Å². The number of nitrogens with zero attached hydrogens (tertiary/aromatic N) is 5. The van der Waals surface area contributed by atoms with E-state index in [-0.39, 0.29) is 11.5 Å². The number of carboxylic acid groups (broad SMARTS) is 1. The molecule has 0 radical (unpaired) electrons. The van der Waals surface area contributed by atoms with Crippen molar-refractivity contribution in [3.05, 3.63) is 93.7 Å². The maximum absolute atomic E-state index is 12.0. The van der Waals surface area contributed by atoms with Crippen LogP contribution in [0.3, 0.4) is 0 Å². The van der Waals surface area contributed by atoms with Crippen LogP contribution in [0, 0.1) is 6.92 Å². The molecule has 2 heterocycles. The van der Waals surface area contributed by atoms with E-state index in [4.69, 9.17) is 10.8 Å². The molecule has 0 aliphatic rings. The average Bonchev–Trinajstić information content (AvgIpc) is 3.30. The van der Waals surface area contributed by atoms with Crippen LogP contribution in [0.15, 0.2) is 65.7 Å². The lowest BCUT2D eigenvalue weighted by atomic mass is 10.1. The van der Waals surface area contributed by atoms with Gasteiger partial charge in [-0.2, -0.15) is 4.98 Å². The molecule has 2 aromatic heterocycles. The van der Waals surface area contributed by atoms with Crippen LogP contribution in [0.2, 0.25) is 0 Å². The third-order valence-corrected chi connectivity index (χ3v) is 5.66. The smallest absolute Gasteiger partial charge is 0.349 e. The number of unbranched alkanes of at least 4 members (excludes halogenated alkanes) is 1. The number of nitrogen functional groups attached to an aromatic ring is 1. The van der Waals surface area contributed by atoms with Gasteiger partial charge in [0.25, 0.3) is 0 Å². The third kappa shape index (κ3) is 5.55. The van der Waals surface area contributed by atoms with E-state index in [2.05, 4.69) is 15.3 Å². The van der Waals surface area contributed by atoms with Crippen molar-refractivity contribution in [2.24, 2.45) is 0 Å². The summed E-state index contributed by atoms with van der Waals surface area (Å²) in [4.78, 5) is 26.8. The quantitative estimate of drug-likeness (QED) is 0.369. The van der Waals surface area contributed by atoms with Crippen LogP contribution in [-0.4, -0.2) is 35.6 Å². The number of nitrogens with two attached hydrogens (primary N) is 1. The fraction of sp³-hybridized carbons (Fsp3) is 0.240. The summed E-state index contributed by atoms with van der Waals surface area (Å²) in [6.45, 7) is 2.99. The Labute approximate surface area is 196 Å². The largest absolute Gasteiger partial charge is 0.478 e. The van der Waals surface area contributed by atoms with E-state index in [0.717, 1.165) is 53.8 Å². The molecule has 0 spiro atoms. The molecule has 174 valence electrons. The number of hydrogen-bond acceptors (Lipinski definition) is 6. The molecule has 34 heavy (non-hydrogen) atoms. The number of carbonyl (C=O) groups is 1. The molecule has 0 aliphatic carbocycles. The minimum atomic E-state index is -0.909. The maximum atomic E-state index is 12.0. The molecule has 0 saturated heterocycles. The first-order valence-electron chi connectivity index (χ1n) is 11.0. The molecule has 0 aliphatic heterocycles. The Kier molecular flexibility index (Phi) is 6.82. The molecule has 0 saturated carbocycles. The van der Waals surface area contributed by atoms with E-state index in [1.165, 1.54) is 4.57 Å². The molecule has 3 N–H and O–H groups in total. The van der Waals surface area contributed by atoms with Gasteiger partial charge in [0.2, 0.25) is 0 Å². The van der Waals surface area contributed by atoms with Crippen LogP contribution in [0.1, 0.15) is 39.9 Å². The van der Waals surface area contributed by atoms with Crippen molar-refractivity contribution in [2.75, 3.05) is 5.73 Å². The first-order valence-corrected chi connectivity index (χ1v) is 11.0. The van der Waals surface area contributed by atoms with Crippen molar-refractivity contribution in [3.8, 4) is 11.3 Å². The maximum Gasteiger partial charge on any atom is 0.349 e. The van der Waals surface area contributed by atoms with E-state index in [1.807, 2.05) is 54.2 Å². The fourth-order valence-corrected chi connectivity index (χ4v) is 3.66. The van der Waals surface area contributed by atoms with Crippen molar-refractivity contribution in [3.63, 3.8) is 0 Å². The van der Waals surface area contributed by atoms with E-state index in [0.29, 0.717) is 12.1 Å². The van der Waals surface area contributed by atoms with Gasteiger partial charge in [0.05, 0.1) is 18.3 Å². The Bertz CT molecular complexity index is 1340. The van der Waals surface area contributed by atoms with Gasteiger partial charge in [0.15, 0.2) is 0 Å². The lowest BCUT2D eigenvalue weighted by Crippen LogP contribution is -2.24. The Balaban J connectivity index is 1.30. The van der Waals surface area contributed by atoms with Crippen LogP contribution >= 0.6 is 0 Å². The first kappa shape index (κ1) is 22.9. The van der Waals surface area contributed by atoms with E-state index in [1.54, 1.807) is 18.3 Å². The Morgan fingerprint density at radius 2 is 1.71 bits per heavy atom. The molecular formula is C25H26N6O3. The summed E-state index contributed by atoms with van der Waals surface area (Å²) in [5, 5.41) is 17.5. The van der Waals surface area contributed by atoms with Crippen molar-refractivity contribution < 1.29 is 9.90 Å². The van der Waals surface area contributed by atoms with Gasteiger partial charge in [0, 0.05) is 23.9 Å². The topological polar surface area (TPSA) is 129 Å². The monoisotopic (exact) mass is 458 g/mol. The lowest BCUT2D eigenvalue weighted by molar-refractivity contribution is 0.0697. The number of hydrogen-bond donors (Lipinski definition) is 2. The van der Waals surface area contributed by atoms with Gasteiger partial charge < -0.3 is 10.8 Å². The van der Waals surface area contributed by atoms with Gasteiger partial charge in [-0.15, -0.1) is 5.10 Å². The predicted molar refractivity (Wildman–Crippen MR) is 129 cm³/mol. The first-order chi connectivity index (χ1) is 16.4. The normalized spacial score (nSPS) is 11.0. The van der Waals surface area contributed by atoms with Gasteiger partial charge in [0.1, 0.15) is 11.5 Å². The summed E-state index contributed by atoms with van der Waals surface area (Å²) in [5.41, 5.74) is 10.2. The summed E-state index contributed by atoms with van der Waals surface area (Å²) in [5.74, 6) is -0.651. The summed E-state index contributed by atoms with van der Waals surface area (Å²) >= 11 is 0. The number of anilines is 1. The molecule has 0 bridgehead atoms. The second-order valence-electron chi connectivity index (χ2n) is 8.24. The lowest BCUT2D eigenvalue weighted by Gasteiger charge is -2.08. The number of aromatic carboxylic acids is 1. The third-order valence-electron chi connectivity index (χ3n) is 5.66. The van der Waals surface area contributed by atoms with E-state index < -0.39 is 5.97 Å². The molecule has 9 nitrogen and oxygen atoms in total. The van der Waals surface area contributed by atoms with Gasteiger partial charge in [-0.3, -0.25) is 9.25 Å². The SMILES string of the molecule is Cc1cn(Cc2ccc(-c3cn(CCCCc4ccc(C(=O)O)cc4)nn3)cc2)c(=O)nc1N. The van der Waals surface area contributed by atoms with Gasteiger partial charge in [-0.25, -0.2) is 9.59 Å². The van der Waals surface area contributed by atoms with Gasteiger partial charge in [-0.05, 0) is 49.4 Å². The summed E-state index contributed by atoms with van der Waals surface area (Å²) < 4.78 is 3.37. The minimum Gasteiger partial charge on any atom is -0.478 e. The zero-order valence-corrected chi connectivity index (χ0v) is 18.9. The number of aryl methyl sites for hydroxylation is 3. The van der Waals surface area contributed by atoms with Crippen molar-refractivity contribution in [2.45, 2.75) is 39.3 Å². The highest BCUT2D eigenvalue weighted by Gasteiger charge is 2.07. The zero-order valence-electron chi connectivity index (χ0n) is 18.9. The molecule has 0 amide bonds. The summed E-state index contributed by atoms with van der Waals surface area (Å²) in [7, 11) is 0. The van der Waals surface area contributed by atoms with Crippen molar-refractivity contribution in [1.82, 2.24) is 24.5 Å². The standard InChI is InChI=1S/C25H26N6O3/c1-17-14-30(25(34)27-23(17)26)15-19-7-9-20(10-8-19)22-16-31(29-28-22)13-3-2-4-18-5-11-21(12-6-18)24(32)33/h5-12,14,16H,2-4,13,15H2,1H3,(H,32,33)(H2,26,27,34). The fourth-order valence-electron chi connectivity index (χ4n) is 3.66. The highest BCUT2D eigenvalue weighted by atomic mass is 16.4. The number of carboxylic acids is 1. The van der Waals surface area contributed by atoms with Crippen molar-refractivity contribution >= 4 is 11.8 Å². The Morgan fingerprint density at radius 1 is 1.00 bits per heavy atom. The molecule has 4 rings (SSSR count). The number of aromatic nitrogens is 5. The average molecular weight is 459 g/mol. The molecular weight excluding hydrogens is 432 g/mol. The molecule has 9 heteroatoms. The second kappa shape index (κ2) is 10.1. The Hall–Kier alpha value is -4.27. The number of benzene rings is 2. The van der Waals surface area contributed by atoms with E-state index in [9.17, 15) is 9.59 Å². The van der Waals surface area contributed by atoms with Gasteiger partial charge in [-0.1, -0.05) is 41.6 Å². The predicted octanol–water partition coefficient (Wildman–Crippen LogP) is 3.16. The van der Waals surface area contributed by atoms with Crippen LogP contribution in [-0.2, 0) is 19.5 Å². The number of rotatable bonds is 9. The summed E-state index contributed by atoms with van der Waals surface area (Å²) in [6.07, 6.45) is 6.43. The van der Waals surface area contributed by atoms with Gasteiger partial charge >= 0.3 is 11.7 Å². The molecule has 0 atom stereocenters. The molecule has 0 unspecified atom stereocenters. The zero-order chi connectivity index (χ0) is 24.1. The van der Waals surface area contributed by atoms with Crippen molar-refractivity contribution in [1.29, 1.82) is 0 Å². The minimum absolute atomic E-state index is 0.258. The highest BCUT2D eigenvalue weighted by molar-refractivity contribution is 5.87. The van der Waals surface area contributed by atoms with E-state index >= 15 is 0 Å².